The van der Waals surface area contributed by atoms with E-state index in [0.717, 1.165) is 6.20 Å². The topological polar surface area (TPSA) is 92.1 Å². The Balaban J connectivity index is -0.000000245. The fourth-order valence-electron chi connectivity index (χ4n) is 1.01. The van der Waals surface area contributed by atoms with Gasteiger partial charge < -0.3 is 40.1 Å². The third-order valence-electron chi connectivity index (χ3n) is 1.87. The van der Waals surface area contributed by atoms with Crippen molar-refractivity contribution in [2.45, 2.75) is 26.9 Å². The number of halogens is 2. The third kappa shape index (κ3) is 7.37. The van der Waals surface area contributed by atoms with E-state index in [0.29, 0.717) is 0 Å². The molecule has 1 atom stereocenters. The number of aliphatic hydroxyl groups excluding tert-OH is 1. The molecule has 1 aromatic rings. The van der Waals surface area contributed by atoms with Crippen molar-refractivity contribution >= 4 is 46.1 Å². The molecule has 1 N–H and O–H groups in total. The van der Waals surface area contributed by atoms with Crippen LogP contribution in [0, 0.1) is 5.41 Å². The monoisotopic (exact) mass is 314 g/mol. The van der Waals surface area contributed by atoms with Crippen LogP contribution in [-0.2, 0) is 0 Å². The summed E-state index contributed by atoms with van der Waals surface area (Å²) in [5, 5.41) is 31.6. The molecule has 0 amide bonds. The van der Waals surface area contributed by atoms with E-state index in [-0.39, 0.29) is 76.5 Å². The molecule has 94 valence electrons. The van der Waals surface area contributed by atoms with Crippen LogP contribution in [0.4, 0.5) is 0 Å². The first-order chi connectivity index (χ1) is 6.32. The van der Waals surface area contributed by atoms with E-state index in [9.17, 15) is 15.3 Å². The van der Waals surface area contributed by atoms with Crippen LogP contribution >= 0.6 is 0 Å². The number of aromatic nitrogens is 2. The second kappa shape index (κ2) is 10.5. The maximum absolute atomic E-state index is 11.2. The molecule has 0 aromatic carbocycles. The predicted molar refractivity (Wildman–Crippen MR) is 56.8 cm³/mol. The van der Waals surface area contributed by atoms with E-state index in [2.05, 4.69) is 9.97 Å². The second-order valence-corrected chi connectivity index (χ2v) is 4.18. The van der Waals surface area contributed by atoms with Gasteiger partial charge in [0.15, 0.2) is 0 Å². The van der Waals surface area contributed by atoms with E-state index in [1.807, 2.05) is 0 Å². The molecule has 0 bridgehead atoms. The summed E-state index contributed by atoms with van der Waals surface area (Å²) in [5.41, 5.74) is -0.412. The van der Waals surface area contributed by atoms with Crippen LogP contribution in [0.25, 0.3) is 0 Å². The number of hydrogen-bond acceptors (Lipinski definition) is 5. The first-order valence-corrected chi connectivity index (χ1v) is 4.21. The maximum atomic E-state index is 11.2. The van der Waals surface area contributed by atoms with E-state index in [1.165, 1.54) is 0 Å². The normalized spacial score (nSPS) is 10.9. The molecule has 0 spiro atoms. The Morgan fingerprint density at radius 2 is 1.61 bits per heavy atom. The van der Waals surface area contributed by atoms with Gasteiger partial charge in [0, 0.05) is 11.8 Å². The van der Waals surface area contributed by atoms with Crippen LogP contribution in [0.1, 0.15) is 32.4 Å². The Labute approximate surface area is 151 Å². The Kier molecular flexibility index (Phi) is 15.9. The summed E-state index contributed by atoms with van der Waals surface area (Å²) in [4.78, 5) is 6.47. The Morgan fingerprint density at radius 1 is 1.17 bits per heavy atom. The third-order valence-corrected chi connectivity index (χ3v) is 1.87. The summed E-state index contributed by atoms with van der Waals surface area (Å²) in [6.07, 6.45) is 0.128. The summed E-state index contributed by atoms with van der Waals surface area (Å²) >= 11 is 0. The van der Waals surface area contributed by atoms with E-state index < -0.39 is 23.4 Å². The summed E-state index contributed by atoms with van der Waals surface area (Å²) < 4.78 is 0. The van der Waals surface area contributed by atoms with Crippen molar-refractivity contribution < 1.29 is 40.1 Å². The molecular formula is C9H12Cl2Mg2N2O3. The molecular weight excluding hydrogens is 304 g/mol. The number of rotatable bonds is 1. The van der Waals surface area contributed by atoms with E-state index in [4.69, 9.17) is 0 Å². The van der Waals surface area contributed by atoms with Crippen molar-refractivity contribution in [3.63, 3.8) is 0 Å². The quantitative estimate of drug-likeness (QED) is 0.520. The molecule has 1 unspecified atom stereocenters. The van der Waals surface area contributed by atoms with Gasteiger partial charge in [0.05, 0.1) is 12.1 Å². The maximum Gasteiger partial charge on any atom is 2.00 e. The zero-order valence-corrected chi connectivity index (χ0v) is 14.8. The van der Waals surface area contributed by atoms with E-state index in [1.54, 1.807) is 20.8 Å². The number of nitrogens with zero attached hydrogens (tertiary/aromatic N) is 2. The van der Waals surface area contributed by atoms with Gasteiger partial charge in [-0.15, -0.1) is 0 Å². The van der Waals surface area contributed by atoms with Gasteiger partial charge in [0.1, 0.15) is 0 Å². The van der Waals surface area contributed by atoms with E-state index >= 15 is 0 Å². The molecule has 0 saturated carbocycles. The van der Waals surface area contributed by atoms with Crippen LogP contribution in [0.2, 0.25) is 0 Å². The minimum absolute atomic E-state index is 0. The Bertz CT molecular complexity index is 351. The average molecular weight is 316 g/mol. The molecule has 0 aliphatic rings. The van der Waals surface area contributed by atoms with Crippen molar-refractivity contribution in [3.8, 4) is 11.9 Å². The van der Waals surface area contributed by atoms with Crippen LogP contribution in [0.15, 0.2) is 6.20 Å². The molecule has 0 saturated heterocycles. The fraction of sp³-hybridized carbons (Fsp3) is 0.556. The molecule has 5 nitrogen and oxygen atoms in total. The Hall–Kier alpha value is 0.752. The predicted octanol–water partition coefficient (Wildman–Crippen LogP) is -7.05. The van der Waals surface area contributed by atoms with Gasteiger partial charge in [-0.3, -0.25) is 9.97 Å². The zero-order chi connectivity index (χ0) is 10.9. The molecule has 18 heavy (non-hydrogen) atoms. The van der Waals surface area contributed by atoms with Crippen LogP contribution < -0.4 is 35.0 Å². The molecule has 0 aliphatic carbocycles. The SMILES string of the molecule is CC(C)(C)C(O)c1cnc([O-])nc1[O-].[Cl-].[Cl-].[Mg+2].[Mg+2]. The summed E-state index contributed by atoms with van der Waals surface area (Å²) in [6.45, 7) is 5.34. The van der Waals surface area contributed by atoms with Crippen molar-refractivity contribution in [1.29, 1.82) is 0 Å². The number of aliphatic hydroxyl groups is 1. The molecule has 1 rings (SSSR count). The largest absolute Gasteiger partial charge is 2.00 e. The fourth-order valence-corrected chi connectivity index (χ4v) is 1.01. The van der Waals surface area contributed by atoms with Gasteiger partial charge >= 0.3 is 46.1 Å². The van der Waals surface area contributed by atoms with Crippen molar-refractivity contribution in [2.24, 2.45) is 5.41 Å². The van der Waals surface area contributed by atoms with Gasteiger partial charge in [-0.25, -0.2) is 0 Å². The molecule has 9 heteroatoms. The molecule has 0 radical (unpaired) electrons. The Morgan fingerprint density at radius 3 is 1.94 bits per heavy atom. The average Bonchev–Trinajstić information content (AvgIpc) is 2.01. The summed E-state index contributed by atoms with van der Waals surface area (Å²) in [7, 11) is 0. The van der Waals surface area contributed by atoms with Crippen LogP contribution in [0.3, 0.4) is 0 Å². The first-order valence-electron chi connectivity index (χ1n) is 4.21. The van der Waals surface area contributed by atoms with Gasteiger partial charge in [0.25, 0.3) is 0 Å². The van der Waals surface area contributed by atoms with Gasteiger partial charge in [-0.05, 0) is 11.3 Å². The van der Waals surface area contributed by atoms with Crippen molar-refractivity contribution in [3.05, 3.63) is 11.8 Å². The smallest absolute Gasteiger partial charge is 1.00 e. The van der Waals surface area contributed by atoms with Gasteiger partial charge in [-0.2, -0.15) is 0 Å². The first kappa shape index (κ1) is 27.2. The van der Waals surface area contributed by atoms with Crippen LogP contribution in [-0.4, -0.2) is 61.2 Å². The van der Waals surface area contributed by atoms with Crippen molar-refractivity contribution in [1.82, 2.24) is 9.97 Å². The number of hydrogen-bond donors (Lipinski definition) is 1. The minimum Gasteiger partial charge on any atom is -1.00 e. The molecule has 1 heterocycles. The summed E-state index contributed by atoms with van der Waals surface area (Å²) in [5.74, 6) is -0.701. The molecule has 0 aliphatic heterocycles. The summed E-state index contributed by atoms with van der Waals surface area (Å²) in [6, 6.07) is -0.820. The van der Waals surface area contributed by atoms with Crippen LogP contribution in [0.5, 0.6) is 11.9 Å². The van der Waals surface area contributed by atoms with Gasteiger partial charge in [0.2, 0.25) is 0 Å². The second-order valence-electron chi connectivity index (χ2n) is 4.18. The van der Waals surface area contributed by atoms with Gasteiger partial charge in [-0.1, -0.05) is 20.8 Å². The van der Waals surface area contributed by atoms with Crippen molar-refractivity contribution in [2.75, 3.05) is 0 Å². The zero-order valence-electron chi connectivity index (χ0n) is 10.5. The minimum atomic E-state index is -0.962. The molecule has 0 fully saturated rings. The standard InChI is InChI=1S/C9H14N2O3.2ClH.2Mg/c1-9(2,3)6(12)5-4-10-8(14)11-7(5)13;;;;/h4,6,12H,1-3H3,(H2,10,11,13,14);2*1H;;/q;;;2*+2/p-4. The molecule has 1 aromatic heterocycles.